The molecular weight excluding hydrogens is 292 g/mol. The van der Waals surface area contributed by atoms with Crippen LogP contribution in [-0.4, -0.2) is 54.4 Å². The van der Waals surface area contributed by atoms with E-state index in [1.165, 1.54) is 13.8 Å². The van der Waals surface area contributed by atoms with Crippen LogP contribution in [0.2, 0.25) is 0 Å². The van der Waals surface area contributed by atoms with Crippen LogP contribution in [0.1, 0.15) is 53.4 Å². The van der Waals surface area contributed by atoms with Crippen molar-refractivity contribution >= 4 is 18.7 Å². The van der Waals surface area contributed by atoms with Gasteiger partial charge in [-0.2, -0.15) is 0 Å². The van der Waals surface area contributed by atoms with Crippen LogP contribution < -0.4 is 0 Å². The normalized spacial score (nSPS) is 11.7. The highest BCUT2D eigenvalue weighted by Gasteiger charge is 2.08. The minimum absolute atomic E-state index is 0.417. The predicted molar refractivity (Wildman–Crippen MR) is 82.2 cm³/mol. The number of carbonyl (C=O) groups excluding carboxylic acids is 3. The minimum Gasteiger partial charge on any atom is -0.464 e. The van der Waals surface area contributed by atoms with Crippen molar-refractivity contribution < 1.29 is 34.1 Å². The van der Waals surface area contributed by atoms with E-state index in [1.807, 2.05) is 20.6 Å². The van der Waals surface area contributed by atoms with Crippen LogP contribution in [0.4, 0.5) is 0 Å². The second-order valence-corrected chi connectivity index (χ2v) is 4.39. The standard InChI is InChI=1S/2C7H14O3.CH2O/c2*1-3-4-5-10-7(9)6(2)8;1-2/h2*6,8H,3-5H2,1-2H3;1H2. The van der Waals surface area contributed by atoms with Crippen LogP contribution in [0.15, 0.2) is 0 Å². The molecule has 0 aliphatic rings. The zero-order valence-electron chi connectivity index (χ0n) is 14.0. The van der Waals surface area contributed by atoms with Gasteiger partial charge in [0.15, 0.2) is 0 Å². The Morgan fingerprint density at radius 1 is 0.864 bits per heavy atom. The van der Waals surface area contributed by atoms with Gasteiger partial charge in [0.2, 0.25) is 0 Å². The molecule has 7 nitrogen and oxygen atoms in total. The Labute approximate surface area is 132 Å². The van der Waals surface area contributed by atoms with E-state index in [2.05, 4.69) is 9.47 Å². The number of aliphatic hydroxyl groups excluding tert-OH is 2. The fraction of sp³-hybridized carbons (Fsp3) is 0.800. The molecule has 0 aromatic carbocycles. The van der Waals surface area contributed by atoms with Crippen molar-refractivity contribution in [1.82, 2.24) is 0 Å². The van der Waals surface area contributed by atoms with Gasteiger partial charge in [0, 0.05) is 0 Å². The van der Waals surface area contributed by atoms with Gasteiger partial charge < -0.3 is 24.5 Å². The van der Waals surface area contributed by atoms with Crippen LogP contribution in [0.5, 0.6) is 0 Å². The van der Waals surface area contributed by atoms with Crippen LogP contribution in [0.25, 0.3) is 0 Å². The van der Waals surface area contributed by atoms with Crippen molar-refractivity contribution in [3.8, 4) is 0 Å². The number of unbranched alkanes of at least 4 members (excludes halogenated alkanes) is 2. The van der Waals surface area contributed by atoms with E-state index in [0.29, 0.717) is 13.2 Å². The van der Waals surface area contributed by atoms with Gasteiger partial charge >= 0.3 is 11.9 Å². The molecule has 0 bridgehead atoms. The lowest BCUT2D eigenvalue weighted by molar-refractivity contribution is -0.153. The molecule has 0 spiro atoms. The van der Waals surface area contributed by atoms with Gasteiger partial charge in [0.25, 0.3) is 0 Å². The van der Waals surface area contributed by atoms with E-state index in [-0.39, 0.29) is 0 Å². The highest BCUT2D eigenvalue weighted by atomic mass is 16.5. The van der Waals surface area contributed by atoms with Gasteiger partial charge in [-0.3, -0.25) is 0 Å². The van der Waals surface area contributed by atoms with Crippen molar-refractivity contribution in [3.05, 3.63) is 0 Å². The van der Waals surface area contributed by atoms with E-state index < -0.39 is 24.1 Å². The van der Waals surface area contributed by atoms with E-state index in [9.17, 15) is 9.59 Å². The molecule has 0 aromatic heterocycles. The molecule has 0 fully saturated rings. The van der Waals surface area contributed by atoms with Gasteiger partial charge in [0.05, 0.1) is 13.2 Å². The molecule has 0 rings (SSSR count). The zero-order chi connectivity index (χ0) is 18.0. The van der Waals surface area contributed by atoms with Crippen molar-refractivity contribution in [2.75, 3.05) is 13.2 Å². The summed E-state index contributed by atoms with van der Waals surface area (Å²) < 4.78 is 9.31. The van der Waals surface area contributed by atoms with Crippen LogP contribution in [-0.2, 0) is 23.9 Å². The second kappa shape index (κ2) is 19.5. The quantitative estimate of drug-likeness (QED) is 0.511. The van der Waals surface area contributed by atoms with Crippen molar-refractivity contribution in [3.63, 3.8) is 0 Å². The highest BCUT2D eigenvalue weighted by Crippen LogP contribution is 1.92. The molecule has 2 unspecified atom stereocenters. The monoisotopic (exact) mass is 322 g/mol. The molecule has 0 aliphatic carbocycles. The largest absolute Gasteiger partial charge is 0.464 e. The molecule has 22 heavy (non-hydrogen) atoms. The van der Waals surface area contributed by atoms with E-state index >= 15 is 0 Å². The number of esters is 2. The maximum absolute atomic E-state index is 10.5. The van der Waals surface area contributed by atoms with Gasteiger partial charge in [-0.15, -0.1) is 0 Å². The zero-order valence-corrected chi connectivity index (χ0v) is 14.0. The Morgan fingerprint density at radius 2 is 1.14 bits per heavy atom. The Hall–Kier alpha value is -1.47. The van der Waals surface area contributed by atoms with Crippen molar-refractivity contribution in [2.45, 2.75) is 65.6 Å². The number of hydrogen-bond donors (Lipinski definition) is 2. The summed E-state index contributed by atoms with van der Waals surface area (Å²) in [5, 5.41) is 17.3. The smallest absolute Gasteiger partial charge is 0.334 e. The fourth-order valence-electron chi connectivity index (χ4n) is 0.875. The number of hydrogen-bond acceptors (Lipinski definition) is 7. The number of rotatable bonds is 8. The average Bonchev–Trinajstić information content (AvgIpc) is 2.50. The second-order valence-electron chi connectivity index (χ2n) is 4.39. The predicted octanol–water partition coefficient (Wildman–Crippen LogP) is 1.24. The third-order valence-electron chi connectivity index (χ3n) is 2.17. The third kappa shape index (κ3) is 20.8. The minimum atomic E-state index is -0.989. The SMILES string of the molecule is C=O.CCCCOC(=O)C(C)O.CCCCOC(=O)C(C)O. The summed E-state index contributed by atoms with van der Waals surface area (Å²) in [5.41, 5.74) is 0. The first kappa shape index (κ1) is 25.5. The third-order valence-corrected chi connectivity index (χ3v) is 2.17. The lowest BCUT2D eigenvalue weighted by Crippen LogP contribution is -2.19. The van der Waals surface area contributed by atoms with Crippen molar-refractivity contribution in [1.29, 1.82) is 0 Å². The molecule has 0 saturated carbocycles. The van der Waals surface area contributed by atoms with E-state index in [4.69, 9.17) is 15.0 Å². The van der Waals surface area contributed by atoms with E-state index in [0.717, 1.165) is 25.7 Å². The molecule has 0 aromatic rings. The first-order valence-corrected chi connectivity index (χ1v) is 7.35. The summed E-state index contributed by atoms with van der Waals surface area (Å²) in [6.45, 7) is 9.65. The lowest BCUT2D eigenvalue weighted by Gasteiger charge is -2.04. The summed E-state index contributed by atoms with van der Waals surface area (Å²) in [7, 11) is 0. The Morgan fingerprint density at radius 3 is 1.32 bits per heavy atom. The summed E-state index contributed by atoms with van der Waals surface area (Å²) in [6, 6.07) is 0. The van der Waals surface area contributed by atoms with Crippen LogP contribution in [0, 0.1) is 0 Å². The molecule has 0 amide bonds. The molecule has 7 heteroatoms. The number of ether oxygens (including phenoxy) is 2. The fourth-order valence-corrected chi connectivity index (χ4v) is 0.875. The maximum atomic E-state index is 10.5. The molecule has 0 heterocycles. The summed E-state index contributed by atoms with van der Waals surface area (Å²) in [5.74, 6) is -1.07. The number of aliphatic hydroxyl groups is 2. The Bertz CT molecular complexity index is 239. The summed E-state index contributed by atoms with van der Waals surface area (Å²) in [4.78, 5) is 29.1. The maximum Gasteiger partial charge on any atom is 0.334 e. The van der Waals surface area contributed by atoms with E-state index in [1.54, 1.807) is 0 Å². The Kier molecular flexibility index (Phi) is 22.6. The lowest BCUT2D eigenvalue weighted by atomic mass is 10.3. The Balaban J connectivity index is -0.000000294. The first-order chi connectivity index (χ1) is 10.4. The summed E-state index contributed by atoms with van der Waals surface area (Å²) >= 11 is 0. The van der Waals surface area contributed by atoms with Crippen LogP contribution >= 0.6 is 0 Å². The molecule has 132 valence electrons. The van der Waals surface area contributed by atoms with Gasteiger partial charge in [-0.1, -0.05) is 26.7 Å². The summed E-state index contributed by atoms with van der Waals surface area (Å²) in [6.07, 6.45) is 1.73. The molecular formula is C15H30O7. The molecule has 0 saturated heterocycles. The van der Waals surface area contributed by atoms with Crippen LogP contribution in [0.3, 0.4) is 0 Å². The number of carbonyl (C=O) groups is 3. The average molecular weight is 322 g/mol. The van der Waals surface area contributed by atoms with Gasteiger partial charge in [0.1, 0.15) is 19.0 Å². The molecule has 2 N–H and O–H groups in total. The molecule has 2 atom stereocenters. The first-order valence-electron chi connectivity index (χ1n) is 7.35. The van der Waals surface area contributed by atoms with Gasteiger partial charge in [-0.25, -0.2) is 9.59 Å². The molecule has 0 radical (unpaired) electrons. The molecule has 0 aliphatic heterocycles. The topological polar surface area (TPSA) is 110 Å². The highest BCUT2D eigenvalue weighted by molar-refractivity contribution is 5.74. The van der Waals surface area contributed by atoms with Crippen molar-refractivity contribution in [2.24, 2.45) is 0 Å². The van der Waals surface area contributed by atoms with Gasteiger partial charge in [-0.05, 0) is 26.7 Å².